The Labute approximate surface area is 136 Å². The Kier molecular flexibility index (Phi) is 6.15. The highest BCUT2D eigenvalue weighted by Crippen LogP contribution is 2.18. The zero-order valence-electron chi connectivity index (χ0n) is 12.9. The Morgan fingerprint density at radius 2 is 2.14 bits per heavy atom. The number of hydrogen-bond donors (Lipinski definition) is 2. The number of rotatable bonds is 5. The minimum Gasteiger partial charge on any atom is -0.491 e. The van der Waals surface area contributed by atoms with Crippen LogP contribution in [0.25, 0.3) is 0 Å². The predicted octanol–water partition coefficient (Wildman–Crippen LogP) is 2.71. The van der Waals surface area contributed by atoms with Gasteiger partial charge in [0, 0.05) is 18.2 Å². The maximum atomic E-state index is 11.5. The minimum absolute atomic E-state index is 0.103. The molecule has 5 nitrogen and oxygen atoms in total. The molecule has 1 atom stereocenters. The average Bonchev–Trinajstić information content (AvgIpc) is 2.99. The summed E-state index contributed by atoms with van der Waals surface area (Å²) in [6.07, 6.45) is 2.37. The van der Waals surface area contributed by atoms with Crippen molar-refractivity contribution in [3.8, 4) is 5.75 Å². The largest absolute Gasteiger partial charge is 0.491 e. The van der Waals surface area contributed by atoms with Crippen molar-refractivity contribution >= 4 is 28.9 Å². The first-order chi connectivity index (χ1) is 10.5. The number of nitrogens with one attached hydrogen (secondary N) is 2. The third-order valence-electron chi connectivity index (χ3n) is 3.33. The van der Waals surface area contributed by atoms with Crippen LogP contribution in [-0.2, 0) is 9.53 Å². The molecule has 0 aromatic heterocycles. The van der Waals surface area contributed by atoms with Gasteiger partial charge in [0.2, 0.25) is 5.91 Å². The second-order valence-corrected chi connectivity index (χ2v) is 5.98. The Hall–Kier alpha value is -1.66. The zero-order chi connectivity index (χ0) is 15.9. The standard InChI is InChI=1S/C16H22N2O3S/c1-11(2)15(19)18-16(22)17-12-5-7-13(8-6-12)21-10-14-4-3-9-20-14/h5-8,11,14H,3-4,9-10H2,1-2H3,(H2,17,18,19,22)/t14-/m0/s1. The molecule has 0 aliphatic carbocycles. The van der Waals surface area contributed by atoms with Crippen LogP contribution in [0.1, 0.15) is 26.7 Å². The molecule has 1 aliphatic rings. The topological polar surface area (TPSA) is 59.6 Å². The highest BCUT2D eigenvalue weighted by Gasteiger charge is 2.15. The van der Waals surface area contributed by atoms with Crippen LogP contribution in [0, 0.1) is 5.92 Å². The molecule has 0 radical (unpaired) electrons. The van der Waals surface area contributed by atoms with Gasteiger partial charge in [-0.1, -0.05) is 13.8 Å². The van der Waals surface area contributed by atoms with Gasteiger partial charge in [-0.3, -0.25) is 4.79 Å². The molecule has 1 aromatic carbocycles. The number of carbonyl (C=O) groups excluding carboxylic acids is 1. The number of carbonyl (C=O) groups is 1. The van der Waals surface area contributed by atoms with Gasteiger partial charge in [0.1, 0.15) is 12.4 Å². The van der Waals surface area contributed by atoms with Crippen molar-refractivity contribution in [1.29, 1.82) is 0 Å². The fraction of sp³-hybridized carbons (Fsp3) is 0.500. The van der Waals surface area contributed by atoms with Crippen molar-refractivity contribution < 1.29 is 14.3 Å². The first-order valence-electron chi connectivity index (χ1n) is 7.51. The summed E-state index contributed by atoms with van der Waals surface area (Å²) < 4.78 is 11.2. The van der Waals surface area contributed by atoms with E-state index in [1.54, 1.807) is 0 Å². The predicted molar refractivity (Wildman–Crippen MR) is 90.1 cm³/mol. The Morgan fingerprint density at radius 3 is 2.73 bits per heavy atom. The number of thiocarbonyl (C=S) groups is 1. The van der Waals surface area contributed by atoms with Gasteiger partial charge in [-0.25, -0.2) is 0 Å². The number of amides is 1. The molecular weight excluding hydrogens is 300 g/mol. The van der Waals surface area contributed by atoms with Crippen LogP contribution >= 0.6 is 12.2 Å². The Balaban J connectivity index is 1.78. The van der Waals surface area contributed by atoms with Crippen LogP contribution in [0.5, 0.6) is 5.75 Å². The number of hydrogen-bond acceptors (Lipinski definition) is 4. The van der Waals surface area contributed by atoms with Gasteiger partial charge in [-0.15, -0.1) is 0 Å². The second-order valence-electron chi connectivity index (χ2n) is 5.57. The van der Waals surface area contributed by atoms with Crippen molar-refractivity contribution in [3.63, 3.8) is 0 Å². The molecule has 1 heterocycles. The zero-order valence-corrected chi connectivity index (χ0v) is 13.7. The molecule has 2 N–H and O–H groups in total. The van der Waals surface area contributed by atoms with Gasteiger partial charge in [-0.2, -0.15) is 0 Å². The molecular formula is C16H22N2O3S. The molecule has 0 saturated carbocycles. The molecule has 1 aliphatic heterocycles. The Morgan fingerprint density at radius 1 is 1.41 bits per heavy atom. The van der Waals surface area contributed by atoms with Crippen molar-refractivity contribution in [3.05, 3.63) is 24.3 Å². The SMILES string of the molecule is CC(C)C(=O)NC(=S)Nc1ccc(OC[C@@H]2CCCO2)cc1. The molecule has 1 fully saturated rings. The van der Waals surface area contributed by atoms with E-state index in [9.17, 15) is 4.79 Å². The smallest absolute Gasteiger partial charge is 0.228 e. The molecule has 0 unspecified atom stereocenters. The molecule has 1 aromatic rings. The summed E-state index contributed by atoms with van der Waals surface area (Å²) in [7, 11) is 0. The third-order valence-corrected chi connectivity index (χ3v) is 3.54. The van der Waals surface area contributed by atoms with Crippen LogP contribution in [0.2, 0.25) is 0 Å². The Bertz CT molecular complexity index is 511. The summed E-state index contributed by atoms with van der Waals surface area (Å²) >= 11 is 5.10. The van der Waals surface area contributed by atoms with Gasteiger partial charge in [-0.05, 0) is 49.3 Å². The molecule has 0 spiro atoms. The van der Waals surface area contributed by atoms with Gasteiger partial charge in [0.25, 0.3) is 0 Å². The van der Waals surface area contributed by atoms with Gasteiger partial charge >= 0.3 is 0 Å². The van der Waals surface area contributed by atoms with E-state index in [0.717, 1.165) is 30.9 Å². The summed E-state index contributed by atoms with van der Waals surface area (Å²) in [5.74, 6) is 0.584. The normalized spacial score (nSPS) is 17.3. The fourth-order valence-electron chi connectivity index (χ4n) is 2.02. The molecule has 2 rings (SSSR count). The van der Waals surface area contributed by atoms with E-state index >= 15 is 0 Å². The van der Waals surface area contributed by atoms with Gasteiger partial charge < -0.3 is 20.1 Å². The van der Waals surface area contributed by atoms with E-state index in [-0.39, 0.29) is 17.9 Å². The molecule has 1 amide bonds. The third kappa shape index (κ3) is 5.27. The van der Waals surface area contributed by atoms with E-state index < -0.39 is 0 Å². The highest BCUT2D eigenvalue weighted by molar-refractivity contribution is 7.80. The lowest BCUT2D eigenvalue weighted by molar-refractivity contribution is -0.122. The van der Waals surface area contributed by atoms with E-state index in [4.69, 9.17) is 21.7 Å². The minimum atomic E-state index is -0.103. The molecule has 22 heavy (non-hydrogen) atoms. The molecule has 120 valence electrons. The molecule has 6 heteroatoms. The summed E-state index contributed by atoms with van der Waals surface area (Å²) in [6.45, 7) is 5.04. The summed E-state index contributed by atoms with van der Waals surface area (Å²) in [5, 5.41) is 5.91. The van der Waals surface area contributed by atoms with Gasteiger partial charge in [0.05, 0.1) is 6.10 Å². The summed E-state index contributed by atoms with van der Waals surface area (Å²) in [6, 6.07) is 7.45. The van der Waals surface area contributed by atoms with Crippen LogP contribution in [0.3, 0.4) is 0 Å². The first-order valence-corrected chi connectivity index (χ1v) is 7.91. The van der Waals surface area contributed by atoms with E-state index in [2.05, 4.69) is 10.6 Å². The van der Waals surface area contributed by atoms with Crippen molar-refractivity contribution in [2.45, 2.75) is 32.8 Å². The lowest BCUT2D eigenvalue weighted by atomic mass is 10.2. The van der Waals surface area contributed by atoms with Gasteiger partial charge in [0.15, 0.2) is 5.11 Å². The number of benzene rings is 1. The monoisotopic (exact) mass is 322 g/mol. The van der Waals surface area contributed by atoms with Crippen LogP contribution in [-0.4, -0.2) is 30.3 Å². The lowest BCUT2D eigenvalue weighted by Gasteiger charge is -2.13. The van der Waals surface area contributed by atoms with Crippen LogP contribution in [0.15, 0.2) is 24.3 Å². The van der Waals surface area contributed by atoms with E-state index in [1.165, 1.54) is 0 Å². The maximum absolute atomic E-state index is 11.5. The maximum Gasteiger partial charge on any atom is 0.228 e. The summed E-state index contributed by atoms with van der Waals surface area (Å²) in [5.41, 5.74) is 0.804. The van der Waals surface area contributed by atoms with Crippen molar-refractivity contribution in [1.82, 2.24) is 5.32 Å². The van der Waals surface area contributed by atoms with E-state index in [1.807, 2.05) is 38.1 Å². The summed E-state index contributed by atoms with van der Waals surface area (Å²) in [4.78, 5) is 11.5. The average molecular weight is 322 g/mol. The van der Waals surface area contributed by atoms with Crippen molar-refractivity contribution in [2.75, 3.05) is 18.5 Å². The van der Waals surface area contributed by atoms with E-state index in [0.29, 0.717) is 11.7 Å². The number of ether oxygens (including phenoxy) is 2. The van der Waals surface area contributed by atoms with Crippen molar-refractivity contribution in [2.24, 2.45) is 5.92 Å². The van der Waals surface area contributed by atoms with Crippen LogP contribution in [0.4, 0.5) is 5.69 Å². The fourth-order valence-corrected chi connectivity index (χ4v) is 2.24. The first kappa shape index (κ1) is 16.7. The van der Waals surface area contributed by atoms with Crippen LogP contribution < -0.4 is 15.4 Å². The molecule has 0 bridgehead atoms. The number of anilines is 1. The lowest BCUT2D eigenvalue weighted by Crippen LogP contribution is -2.36. The molecule has 1 saturated heterocycles. The quantitative estimate of drug-likeness (QED) is 0.816. The second kappa shape index (κ2) is 8.10. The highest BCUT2D eigenvalue weighted by atomic mass is 32.1.